The third-order valence-corrected chi connectivity index (χ3v) is 3.22. The fraction of sp³-hybridized carbons (Fsp3) is 0.235. The van der Waals surface area contributed by atoms with Gasteiger partial charge in [-0.2, -0.15) is 5.26 Å². The number of benzene rings is 2. The summed E-state index contributed by atoms with van der Waals surface area (Å²) in [6, 6.07) is 16.2. The van der Waals surface area contributed by atoms with Crippen LogP contribution < -0.4 is 10.1 Å². The van der Waals surface area contributed by atoms with Gasteiger partial charge in [0.15, 0.2) is 0 Å². The van der Waals surface area contributed by atoms with Gasteiger partial charge >= 0.3 is 0 Å². The molecule has 0 spiro atoms. The van der Waals surface area contributed by atoms with E-state index < -0.39 is 0 Å². The zero-order chi connectivity index (χ0) is 14.4. The van der Waals surface area contributed by atoms with Gasteiger partial charge in [0.05, 0.1) is 12.7 Å². The molecule has 0 heterocycles. The van der Waals surface area contributed by atoms with Crippen LogP contribution in [0, 0.1) is 11.3 Å². The van der Waals surface area contributed by atoms with Crippen LogP contribution in [0.2, 0.25) is 0 Å². The number of nitriles is 1. The molecule has 102 valence electrons. The fourth-order valence-corrected chi connectivity index (χ4v) is 2.06. The molecule has 0 aliphatic carbocycles. The molecular weight excluding hydrogens is 248 g/mol. The first-order valence-corrected chi connectivity index (χ1v) is 6.66. The Kier molecular flexibility index (Phi) is 4.62. The van der Waals surface area contributed by atoms with Gasteiger partial charge in [-0.1, -0.05) is 25.1 Å². The van der Waals surface area contributed by atoms with Gasteiger partial charge in [0, 0.05) is 12.2 Å². The van der Waals surface area contributed by atoms with E-state index in [1.807, 2.05) is 24.3 Å². The van der Waals surface area contributed by atoms with Crippen LogP contribution in [0.25, 0.3) is 0 Å². The van der Waals surface area contributed by atoms with E-state index in [1.54, 1.807) is 7.11 Å². The summed E-state index contributed by atoms with van der Waals surface area (Å²) < 4.78 is 5.14. The van der Waals surface area contributed by atoms with E-state index in [-0.39, 0.29) is 0 Å². The first-order valence-electron chi connectivity index (χ1n) is 6.66. The van der Waals surface area contributed by atoms with Gasteiger partial charge in [-0.3, -0.25) is 0 Å². The number of ether oxygens (including phenoxy) is 1. The maximum absolute atomic E-state index is 9.08. The van der Waals surface area contributed by atoms with E-state index in [4.69, 9.17) is 10.00 Å². The Morgan fingerprint density at radius 3 is 2.70 bits per heavy atom. The van der Waals surface area contributed by atoms with Crippen molar-refractivity contribution < 1.29 is 4.74 Å². The average Bonchev–Trinajstić information content (AvgIpc) is 2.52. The molecule has 1 N–H and O–H groups in total. The van der Waals surface area contributed by atoms with Crippen molar-refractivity contribution >= 4 is 5.69 Å². The second-order valence-corrected chi connectivity index (χ2v) is 4.55. The fourth-order valence-electron chi connectivity index (χ4n) is 2.06. The van der Waals surface area contributed by atoms with E-state index in [2.05, 4.69) is 36.5 Å². The number of aryl methyl sites for hydroxylation is 1. The molecule has 3 nitrogen and oxygen atoms in total. The second kappa shape index (κ2) is 6.63. The largest absolute Gasteiger partial charge is 0.495 e. The molecule has 0 unspecified atom stereocenters. The molecule has 20 heavy (non-hydrogen) atoms. The lowest BCUT2D eigenvalue weighted by Gasteiger charge is -2.09. The average molecular weight is 266 g/mol. The molecule has 2 aromatic rings. The van der Waals surface area contributed by atoms with Gasteiger partial charge in [-0.25, -0.2) is 0 Å². The molecule has 2 aromatic carbocycles. The van der Waals surface area contributed by atoms with Crippen LogP contribution in [0.1, 0.15) is 23.6 Å². The van der Waals surface area contributed by atoms with E-state index in [0.717, 1.165) is 17.7 Å². The van der Waals surface area contributed by atoms with Gasteiger partial charge in [0.2, 0.25) is 0 Å². The zero-order valence-corrected chi connectivity index (χ0v) is 11.8. The minimum absolute atomic E-state index is 0.564. The van der Waals surface area contributed by atoms with Gasteiger partial charge < -0.3 is 10.1 Å². The molecule has 0 bridgehead atoms. The van der Waals surface area contributed by atoms with E-state index in [9.17, 15) is 0 Å². The number of nitrogens with one attached hydrogen (secondary N) is 1. The highest BCUT2D eigenvalue weighted by atomic mass is 16.5. The summed E-state index contributed by atoms with van der Waals surface area (Å²) in [7, 11) is 1.57. The van der Waals surface area contributed by atoms with Gasteiger partial charge in [-0.05, 0) is 41.8 Å². The van der Waals surface area contributed by atoms with Gasteiger partial charge in [0.1, 0.15) is 11.8 Å². The molecule has 0 aromatic heterocycles. The van der Waals surface area contributed by atoms with Crippen LogP contribution in [0.3, 0.4) is 0 Å². The van der Waals surface area contributed by atoms with Crippen molar-refractivity contribution in [3.05, 3.63) is 59.2 Å². The Morgan fingerprint density at radius 1 is 1.15 bits per heavy atom. The van der Waals surface area contributed by atoms with Gasteiger partial charge in [0.25, 0.3) is 0 Å². The Bertz CT molecular complexity index is 629. The van der Waals surface area contributed by atoms with Crippen molar-refractivity contribution in [2.24, 2.45) is 0 Å². The third kappa shape index (κ3) is 3.30. The van der Waals surface area contributed by atoms with Crippen LogP contribution in [0.5, 0.6) is 5.75 Å². The summed E-state index contributed by atoms with van der Waals surface area (Å²) in [5, 5.41) is 12.5. The predicted octanol–water partition coefficient (Wildman–Crippen LogP) is 3.74. The van der Waals surface area contributed by atoms with Crippen LogP contribution in [-0.2, 0) is 13.0 Å². The summed E-state index contributed by atoms with van der Waals surface area (Å²) in [6.07, 6.45) is 1.02. The number of hydrogen-bond acceptors (Lipinski definition) is 3. The number of methoxy groups -OCH3 is 1. The lowest BCUT2D eigenvalue weighted by Crippen LogP contribution is -2.00. The van der Waals surface area contributed by atoms with E-state index in [0.29, 0.717) is 17.9 Å². The summed E-state index contributed by atoms with van der Waals surface area (Å²) in [5.74, 6) is 0.615. The van der Waals surface area contributed by atoms with Crippen molar-refractivity contribution in [2.75, 3.05) is 12.4 Å². The molecule has 0 saturated heterocycles. The highest BCUT2D eigenvalue weighted by molar-refractivity contribution is 5.49. The third-order valence-electron chi connectivity index (χ3n) is 3.22. The highest BCUT2D eigenvalue weighted by Crippen LogP contribution is 2.20. The normalized spacial score (nSPS) is 9.85. The summed E-state index contributed by atoms with van der Waals surface area (Å²) in [5.41, 5.74) is 4.03. The maximum Gasteiger partial charge on any atom is 0.136 e. The van der Waals surface area contributed by atoms with E-state index >= 15 is 0 Å². The van der Waals surface area contributed by atoms with Gasteiger partial charge in [-0.15, -0.1) is 0 Å². The van der Waals surface area contributed by atoms with E-state index in [1.165, 1.54) is 5.56 Å². The Labute approximate surface area is 119 Å². The van der Waals surface area contributed by atoms with Crippen LogP contribution in [0.15, 0.2) is 42.5 Å². The predicted molar refractivity (Wildman–Crippen MR) is 80.9 cm³/mol. The molecule has 0 aliphatic heterocycles. The number of nitrogens with zero attached hydrogens (tertiary/aromatic N) is 1. The summed E-state index contributed by atoms with van der Waals surface area (Å²) in [4.78, 5) is 0. The molecule has 2 rings (SSSR count). The van der Waals surface area contributed by atoms with Crippen LogP contribution in [0.4, 0.5) is 5.69 Å². The van der Waals surface area contributed by atoms with Crippen molar-refractivity contribution in [3.63, 3.8) is 0 Å². The highest BCUT2D eigenvalue weighted by Gasteiger charge is 2.03. The molecule has 0 fully saturated rings. The summed E-state index contributed by atoms with van der Waals surface area (Å²) in [6.45, 7) is 2.83. The molecule has 0 atom stereocenters. The minimum atomic E-state index is 0.564. The van der Waals surface area contributed by atoms with Crippen molar-refractivity contribution in [2.45, 2.75) is 19.9 Å². The number of rotatable bonds is 5. The lowest BCUT2D eigenvalue weighted by atomic mass is 10.1. The summed E-state index contributed by atoms with van der Waals surface area (Å²) >= 11 is 0. The SMILES string of the molecule is CCc1cccc(NCc2ccc(OC)c(C#N)c2)c1. The van der Waals surface area contributed by atoms with Crippen molar-refractivity contribution in [3.8, 4) is 11.8 Å². The molecule has 3 heteroatoms. The number of anilines is 1. The Morgan fingerprint density at radius 2 is 2.00 bits per heavy atom. The monoisotopic (exact) mass is 266 g/mol. The maximum atomic E-state index is 9.08. The van der Waals surface area contributed by atoms with Crippen molar-refractivity contribution in [1.29, 1.82) is 5.26 Å². The Balaban J connectivity index is 2.09. The molecular formula is C17H18N2O. The standard InChI is InChI=1S/C17H18N2O/c1-3-13-5-4-6-16(10-13)19-12-14-7-8-17(20-2)15(9-14)11-18/h4-10,19H,3,12H2,1-2H3. The molecule has 0 aliphatic rings. The van der Waals surface area contributed by atoms with Crippen molar-refractivity contribution in [1.82, 2.24) is 0 Å². The second-order valence-electron chi connectivity index (χ2n) is 4.55. The lowest BCUT2D eigenvalue weighted by molar-refractivity contribution is 0.413. The van der Waals surface area contributed by atoms with Crippen LogP contribution >= 0.6 is 0 Å². The van der Waals surface area contributed by atoms with Crippen LogP contribution in [-0.4, -0.2) is 7.11 Å². The molecule has 0 radical (unpaired) electrons. The minimum Gasteiger partial charge on any atom is -0.495 e. The topological polar surface area (TPSA) is 45.0 Å². The molecule has 0 amide bonds. The zero-order valence-electron chi connectivity index (χ0n) is 11.8. The first-order chi connectivity index (χ1) is 9.76. The smallest absolute Gasteiger partial charge is 0.136 e. The number of hydrogen-bond donors (Lipinski definition) is 1. The quantitative estimate of drug-likeness (QED) is 0.896. The first kappa shape index (κ1) is 14.0. The Hall–Kier alpha value is -2.47. The molecule has 0 saturated carbocycles.